The molecule has 0 spiro atoms. The molecule has 7 rings (SSSR count). The van der Waals surface area contributed by atoms with Crippen LogP contribution in [0.1, 0.15) is 52.5 Å². The van der Waals surface area contributed by atoms with Crippen LogP contribution in [0.15, 0.2) is 89.8 Å². The van der Waals surface area contributed by atoms with Gasteiger partial charge in [-0.3, -0.25) is 9.18 Å². The Morgan fingerprint density at radius 3 is 1.40 bits per heavy atom. The first kappa shape index (κ1) is 70.4. The number of rotatable bonds is 15. The number of carbonyl (C=O) groups excluding carboxylic acids is 4. The van der Waals surface area contributed by atoms with Crippen LogP contribution < -0.4 is 0 Å². The van der Waals surface area contributed by atoms with E-state index in [9.17, 15) is 23.6 Å². The average molecular weight is 1490 g/mol. The molecule has 4 aromatic rings. The molecule has 3 atom stereocenters. The Morgan fingerprint density at radius 1 is 0.639 bits per heavy atom. The van der Waals surface area contributed by atoms with E-state index in [1.807, 2.05) is 60.7 Å². The fourth-order valence-corrected chi connectivity index (χ4v) is 11.3. The summed E-state index contributed by atoms with van der Waals surface area (Å²) in [6, 6.07) is 29.8. The maximum atomic E-state index is 12.7. The van der Waals surface area contributed by atoms with Crippen molar-refractivity contribution in [1.29, 1.82) is 0 Å². The summed E-state index contributed by atoms with van der Waals surface area (Å²) in [5, 5.41) is 8.23. The van der Waals surface area contributed by atoms with Crippen molar-refractivity contribution in [2.75, 3.05) is 33.8 Å². The van der Waals surface area contributed by atoms with Gasteiger partial charge in [0.05, 0.1) is 8.52 Å². The number of carbonyl (C=O) groups is 4. The number of nitrogens with zero attached hydrogens (tertiary/aromatic N) is 2. The molecule has 4 aromatic carbocycles. The van der Waals surface area contributed by atoms with Gasteiger partial charge < -0.3 is 61.0 Å². The predicted octanol–water partition coefficient (Wildman–Crippen LogP) is 14.2. The Balaban J connectivity index is 0.00000106. The van der Waals surface area contributed by atoms with E-state index in [-0.39, 0.29) is 136 Å². The summed E-state index contributed by atoms with van der Waals surface area (Å²) < 4.78 is 28.9. The standard InChI is InChI=1S/C24H30NO3SSi.C17H25INO2Si.C11H11INO.CH3F.CH4.3Y/c1-24(23(27)25-17-28-12-13-30(2,3)4)15-19-10-11-21(14-20(19)16-24)29-22(26)18-8-6-5-7-9-18;1-17(10-13-5-6-15(18)9-14(13)11-17)16(20)19-12-21-7-8-22(2,3)4;1-11(10(13)14)5-7-2-3-9(12)4-8(7)6-11;1-2;;;;/h5-11,14H,1,12-13,15-17H2,2-4H3,(H,25,27);5-6,9H,1,7-8,10-12H2,2-4H3,(H,19,20);2-4H,1,5-6H2,(H2,13,14);1H3;1H4;;;/q3*-1;;;;;/p-3/i;;;1D;;;;. The molecular weight excluding hydrogens is 1410 g/mol. The van der Waals surface area contributed by atoms with Gasteiger partial charge in [0.25, 0.3) is 0 Å². The van der Waals surface area contributed by atoms with E-state index in [0.717, 1.165) is 28.1 Å². The molecule has 0 saturated carbocycles. The average Bonchev–Trinajstić information content (AvgIpc) is 3.93. The SMILES string of the molecule is C.[2H]CF.[CH2-]C1(C(=O)[N-]COCC[Si](C)(C)C)Cc2ccc(I)cc2C1.[CH2-]C1(C(=O)[N-]COCC[Si](C)(C)C)Cc2ccc(SC(=O)c3ccccc3)cc2C1.[CH2-]C1(C([NH-])=O)Cc2ccc(I)cc2C1.[Y].[Y].[Y]. The Bertz CT molecular complexity index is 2430. The third kappa shape index (κ3) is 23.0. The largest absolute Gasteiger partial charge is 0.670 e. The molecule has 0 aliphatic heterocycles. The topological polar surface area (TPSA) is 139 Å². The smallest absolute Gasteiger partial charge is 0.224 e. The van der Waals surface area contributed by atoms with Gasteiger partial charge in [-0.15, -0.1) is 16.2 Å². The quantitative estimate of drug-likeness (QED) is 0.0380. The van der Waals surface area contributed by atoms with Crippen molar-refractivity contribution in [3.05, 3.63) is 168 Å². The molecule has 3 aliphatic rings. The molecule has 9 nitrogen and oxygen atoms in total. The molecule has 72 heavy (non-hydrogen) atoms. The van der Waals surface area contributed by atoms with Gasteiger partial charge in [-0.05, 0) is 191 Å². The maximum Gasteiger partial charge on any atom is 0.224 e. The van der Waals surface area contributed by atoms with Crippen LogP contribution in [0.2, 0.25) is 51.4 Å². The van der Waals surface area contributed by atoms with Crippen molar-refractivity contribution < 1.29 is 133 Å². The number of thioether (sulfide) groups is 1. The molecular formula is C54H70FI2N3O6SSi2Y3-6. The van der Waals surface area contributed by atoms with Crippen LogP contribution in [0.5, 0.6) is 0 Å². The summed E-state index contributed by atoms with van der Waals surface area (Å²) >= 11 is 5.75. The molecule has 0 saturated heterocycles. The fraction of sp³-hybridized carbons (Fsp3) is 0.426. The van der Waals surface area contributed by atoms with Crippen molar-refractivity contribution in [3.63, 3.8) is 0 Å². The summed E-state index contributed by atoms with van der Waals surface area (Å²) in [7, 11) is -3.23. The van der Waals surface area contributed by atoms with Gasteiger partial charge in [0.1, 0.15) is 0 Å². The fourth-order valence-electron chi connectivity index (χ4n) is 7.87. The molecule has 0 bridgehead atoms. The van der Waals surface area contributed by atoms with Crippen molar-refractivity contribution in [2.24, 2.45) is 16.2 Å². The van der Waals surface area contributed by atoms with Crippen molar-refractivity contribution in [1.82, 2.24) is 0 Å². The molecule has 3 amide bonds. The zero-order valence-electron chi connectivity index (χ0n) is 43.0. The minimum absolute atomic E-state index is 0. The van der Waals surface area contributed by atoms with Gasteiger partial charge in [-0.1, -0.05) is 95.2 Å². The van der Waals surface area contributed by atoms with Gasteiger partial charge in [0.2, 0.25) is 5.12 Å². The molecule has 18 heteroatoms. The monoisotopic (exact) mass is 1480 g/mol. The van der Waals surface area contributed by atoms with Crippen molar-refractivity contribution in [2.45, 2.75) is 102 Å². The van der Waals surface area contributed by atoms with E-state index in [4.69, 9.17) is 16.6 Å². The van der Waals surface area contributed by atoms with Crippen LogP contribution in [0.4, 0.5) is 4.39 Å². The molecule has 0 fully saturated rings. The van der Waals surface area contributed by atoms with E-state index >= 15 is 0 Å². The maximum absolute atomic E-state index is 12.7. The van der Waals surface area contributed by atoms with Gasteiger partial charge in [0, 0.05) is 163 Å². The van der Waals surface area contributed by atoms with Gasteiger partial charge >= 0.3 is 0 Å². The van der Waals surface area contributed by atoms with Crippen LogP contribution in [0.25, 0.3) is 16.4 Å². The summed E-state index contributed by atoms with van der Waals surface area (Å²) in [4.78, 5) is 49.5. The molecule has 387 valence electrons. The summed E-state index contributed by atoms with van der Waals surface area (Å²) in [5.41, 5.74) is 12.7. The zero-order chi connectivity index (χ0) is 51.2. The first-order valence-electron chi connectivity index (χ1n) is 23.2. The van der Waals surface area contributed by atoms with Crippen LogP contribution in [-0.4, -0.2) is 72.8 Å². The van der Waals surface area contributed by atoms with E-state index in [0.29, 0.717) is 57.3 Å². The number of amides is 3. The third-order valence-corrected chi connectivity index (χ3v) is 17.5. The number of benzene rings is 4. The first-order chi connectivity index (χ1) is 32.3. The number of hydrogen-bond acceptors (Lipinski definition) is 7. The Hall–Kier alpha value is 0.365. The third-order valence-electron chi connectivity index (χ3n) is 11.9. The predicted molar refractivity (Wildman–Crippen MR) is 305 cm³/mol. The molecule has 3 radical (unpaired) electrons. The Kier molecular flexibility index (Phi) is 32.3. The molecule has 1 N–H and O–H groups in total. The van der Waals surface area contributed by atoms with E-state index in [2.05, 4.69) is 140 Å². The number of nitrogens with one attached hydrogen (secondary N) is 1. The van der Waals surface area contributed by atoms with Crippen molar-refractivity contribution in [3.8, 4) is 0 Å². The minimum atomic E-state index is -1.15. The normalized spacial score (nSPS) is 19.0. The molecule has 3 unspecified atom stereocenters. The molecule has 0 aromatic heterocycles. The molecule has 3 aliphatic carbocycles. The number of halogens is 3. The second-order valence-electron chi connectivity index (χ2n) is 20.4. The number of alkyl halides is 1. The van der Waals surface area contributed by atoms with Gasteiger partial charge in [0.15, 0.2) is 0 Å². The van der Waals surface area contributed by atoms with E-state index < -0.39 is 45.5 Å². The van der Waals surface area contributed by atoms with Crippen LogP contribution >= 0.6 is 56.9 Å². The number of fused-ring (bicyclic) bond motifs is 3. The number of hydrogen-bond donors (Lipinski definition) is 0. The first-order valence-corrected chi connectivity index (χ1v) is 32.9. The van der Waals surface area contributed by atoms with Gasteiger partial charge in [-0.25, -0.2) is 0 Å². The zero-order valence-corrected chi connectivity index (χ0v) is 57.7. The Labute approximate surface area is 541 Å². The van der Waals surface area contributed by atoms with E-state index in [1.165, 1.54) is 41.2 Å². The molecule has 0 heterocycles. The summed E-state index contributed by atoms with van der Waals surface area (Å²) in [6.45, 7) is 27.6. The van der Waals surface area contributed by atoms with E-state index in [1.54, 1.807) is 0 Å². The second kappa shape index (κ2) is 33.1. The second-order valence-corrected chi connectivity index (χ2v) is 35.1. The van der Waals surface area contributed by atoms with Crippen molar-refractivity contribution >= 4 is 95.9 Å². The summed E-state index contributed by atoms with van der Waals surface area (Å²) in [6.07, 6.45) is 3.68. The number of ether oxygens (including phenoxy) is 2. The minimum Gasteiger partial charge on any atom is -0.670 e. The Morgan fingerprint density at radius 2 is 1.00 bits per heavy atom. The van der Waals surface area contributed by atoms with Crippen LogP contribution in [0, 0.1) is 44.2 Å². The van der Waals surface area contributed by atoms with Gasteiger partial charge in [-0.2, -0.15) is 0 Å². The van der Waals surface area contributed by atoms with Crippen LogP contribution in [0.3, 0.4) is 0 Å². The van der Waals surface area contributed by atoms with Crippen LogP contribution in [-0.2, 0) is 161 Å². The summed E-state index contributed by atoms with van der Waals surface area (Å²) in [5.74, 6) is -0.892.